The molecule has 1 aromatic carbocycles. The fraction of sp³-hybridized carbons (Fsp3) is 0.467. The van der Waals surface area contributed by atoms with E-state index in [-0.39, 0.29) is 40.9 Å². The van der Waals surface area contributed by atoms with Gasteiger partial charge < -0.3 is 9.80 Å². The van der Waals surface area contributed by atoms with Crippen LogP contribution in [0.4, 0.5) is 5.69 Å². The molecule has 1 atom stereocenters. The highest BCUT2D eigenvalue weighted by Crippen LogP contribution is 2.29. The fourth-order valence-corrected chi connectivity index (χ4v) is 4.88. The molecule has 1 heterocycles. The van der Waals surface area contributed by atoms with Gasteiger partial charge in [0.1, 0.15) is 6.54 Å². The highest BCUT2D eigenvalue weighted by atomic mass is 35.5. The predicted octanol–water partition coefficient (Wildman–Crippen LogP) is 1.99. The third-order valence-electron chi connectivity index (χ3n) is 4.02. The molecule has 1 unspecified atom stereocenters. The van der Waals surface area contributed by atoms with E-state index in [1.807, 2.05) is 0 Å². The first-order valence-electron chi connectivity index (χ1n) is 7.30. The van der Waals surface area contributed by atoms with Gasteiger partial charge in [0, 0.05) is 25.0 Å². The minimum absolute atomic E-state index is 0.0446. The molecule has 2 rings (SSSR count). The minimum Gasteiger partial charge on any atom is -0.340 e. The van der Waals surface area contributed by atoms with Crippen molar-refractivity contribution in [1.29, 1.82) is 0 Å². The molecule has 1 aliphatic heterocycles. The number of rotatable bonds is 4. The fourth-order valence-electron chi connectivity index (χ4n) is 2.60. The van der Waals surface area contributed by atoms with Gasteiger partial charge in [-0.15, -0.1) is 0 Å². The minimum atomic E-state index is -3.09. The first-order chi connectivity index (χ1) is 11.1. The van der Waals surface area contributed by atoms with Gasteiger partial charge >= 0.3 is 0 Å². The van der Waals surface area contributed by atoms with Gasteiger partial charge in [0.05, 0.1) is 22.2 Å². The first kappa shape index (κ1) is 19.0. The van der Waals surface area contributed by atoms with E-state index >= 15 is 0 Å². The van der Waals surface area contributed by atoms with Crippen molar-refractivity contribution in [3.8, 4) is 0 Å². The summed E-state index contributed by atoms with van der Waals surface area (Å²) in [4.78, 5) is 27.1. The molecule has 132 valence electrons. The number of hydrogen-bond donors (Lipinski definition) is 0. The molecule has 0 N–H and O–H groups in total. The summed E-state index contributed by atoms with van der Waals surface area (Å²) in [5, 5.41) is 0.684. The molecule has 1 aromatic rings. The Labute approximate surface area is 151 Å². The van der Waals surface area contributed by atoms with E-state index in [0.29, 0.717) is 17.1 Å². The zero-order valence-corrected chi connectivity index (χ0v) is 15.7. The number of benzene rings is 1. The van der Waals surface area contributed by atoms with Crippen molar-refractivity contribution in [2.75, 3.05) is 30.0 Å². The van der Waals surface area contributed by atoms with E-state index in [1.54, 1.807) is 19.2 Å². The summed E-state index contributed by atoms with van der Waals surface area (Å²) in [5.41, 5.74) is 0.384. The second-order valence-corrected chi connectivity index (χ2v) is 8.83. The third-order valence-corrected chi connectivity index (χ3v) is 6.31. The second-order valence-electron chi connectivity index (χ2n) is 5.76. The van der Waals surface area contributed by atoms with Crippen molar-refractivity contribution in [3.05, 3.63) is 28.2 Å². The summed E-state index contributed by atoms with van der Waals surface area (Å²) >= 11 is 12.0. The van der Waals surface area contributed by atoms with Crippen LogP contribution in [0, 0.1) is 0 Å². The lowest BCUT2D eigenvalue weighted by molar-refractivity contribution is -0.131. The maximum absolute atomic E-state index is 12.5. The number of nitrogens with zero attached hydrogens (tertiary/aromatic N) is 2. The molecule has 1 saturated heterocycles. The Morgan fingerprint density at radius 3 is 2.46 bits per heavy atom. The van der Waals surface area contributed by atoms with Gasteiger partial charge in [0.25, 0.3) is 0 Å². The lowest BCUT2D eigenvalue weighted by Gasteiger charge is -2.28. The lowest BCUT2D eigenvalue weighted by atomic mass is 10.2. The normalized spacial score (nSPS) is 19.1. The van der Waals surface area contributed by atoms with Crippen molar-refractivity contribution in [3.63, 3.8) is 0 Å². The van der Waals surface area contributed by atoms with E-state index in [0.717, 1.165) is 0 Å². The van der Waals surface area contributed by atoms with Gasteiger partial charge in [-0.2, -0.15) is 0 Å². The molecule has 24 heavy (non-hydrogen) atoms. The molecule has 0 saturated carbocycles. The zero-order valence-electron chi connectivity index (χ0n) is 13.3. The first-order valence-corrected chi connectivity index (χ1v) is 9.87. The SMILES string of the molecule is CC(=O)N(CC(=O)N(C)C1CCS(=O)(=O)C1)c1ccc(Cl)cc1Cl. The maximum Gasteiger partial charge on any atom is 0.242 e. The summed E-state index contributed by atoms with van der Waals surface area (Å²) in [5.74, 6) is -0.663. The van der Waals surface area contributed by atoms with Crippen molar-refractivity contribution in [2.45, 2.75) is 19.4 Å². The summed E-state index contributed by atoms with van der Waals surface area (Å²) < 4.78 is 23.1. The van der Waals surface area contributed by atoms with E-state index in [2.05, 4.69) is 0 Å². The van der Waals surface area contributed by atoms with Gasteiger partial charge in [0.15, 0.2) is 9.84 Å². The van der Waals surface area contributed by atoms with Crippen LogP contribution in [0.5, 0.6) is 0 Å². The maximum atomic E-state index is 12.5. The van der Waals surface area contributed by atoms with Crippen molar-refractivity contribution < 1.29 is 18.0 Å². The average Bonchev–Trinajstić information content (AvgIpc) is 2.84. The van der Waals surface area contributed by atoms with Gasteiger partial charge in [-0.05, 0) is 24.6 Å². The van der Waals surface area contributed by atoms with Crippen LogP contribution in [0.3, 0.4) is 0 Å². The molecule has 2 amide bonds. The van der Waals surface area contributed by atoms with Crippen LogP contribution < -0.4 is 4.90 Å². The van der Waals surface area contributed by atoms with Crippen molar-refractivity contribution in [2.24, 2.45) is 0 Å². The van der Waals surface area contributed by atoms with Gasteiger partial charge in [-0.1, -0.05) is 23.2 Å². The van der Waals surface area contributed by atoms with Crippen LogP contribution >= 0.6 is 23.2 Å². The molecule has 0 aromatic heterocycles. The van der Waals surface area contributed by atoms with Crippen LogP contribution in [0.15, 0.2) is 18.2 Å². The number of hydrogen-bond acceptors (Lipinski definition) is 4. The Hall–Kier alpha value is -1.31. The molecule has 1 fully saturated rings. The smallest absolute Gasteiger partial charge is 0.242 e. The van der Waals surface area contributed by atoms with E-state index < -0.39 is 9.84 Å². The summed E-state index contributed by atoms with van der Waals surface area (Å²) in [7, 11) is -1.54. The van der Waals surface area contributed by atoms with Crippen molar-refractivity contribution in [1.82, 2.24) is 4.90 Å². The van der Waals surface area contributed by atoms with Gasteiger partial charge in [0.2, 0.25) is 11.8 Å². The molecule has 0 bridgehead atoms. The Kier molecular flexibility index (Phi) is 5.78. The third kappa shape index (κ3) is 4.40. The number of sulfone groups is 1. The monoisotopic (exact) mass is 392 g/mol. The molecule has 1 aliphatic rings. The van der Waals surface area contributed by atoms with Crippen LogP contribution in [0.2, 0.25) is 10.0 Å². The van der Waals surface area contributed by atoms with Gasteiger partial charge in [-0.3, -0.25) is 9.59 Å². The highest BCUT2D eigenvalue weighted by molar-refractivity contribution is 7.91. The Balaban J connectivity index is 2.16. The van der Waals surface area contributed by atoms with E-state index in [4.69, 9.17) is 23.2 Å². The van der Waals surface area contributed by atoms with Gasteiger partial charge in [-0.25, -0.2) is 8.42 Å². The predicted molar refractivity (Wildman–Crippen MR) is 94.3 cm³/mol. The summed E-state index contributed by atoms with van der Waals surface area (Å²) in [6.45, 7) is 1.11. The Morgan fingerprint density at radius 1 is 1.29 bits per heavy atom. The van der Waals surface area contributed by atoms with Crippen LogP contribution in [0.25, 0.3) is 0 Å². The summed E-state index contributed by atoms with van der Waals surface area (Å²) in [6.07, 6.45) is 0.409. The van der Waals surface area contributed by atoms with E-state index in [9.17, 15) is 18.0 Å². The largest absolute Gasteiger partial charge is 0.340 e. The number of carbonyl (C=O) groups is 2. The molecular weight excluding hydrogens is 375 g/mol. The number of anilines is 1. The quantitative estimate of drug-likeness (QED) is 0.784. The molecule has 0 spiro atoms. The Bertz CT molecular complexity index is 767. The number of halogens is 2. The van der Waals surface area contributed by atoms with E-state index in [1.165, 1.54) is 22.8 Å². The lowest BCUT2D eigenvalue weighted by Crippen LogP contribution is -2.45. The standard InChI is InChI=1S/C15H18Cl2N2O4S/c1-10(20)19(14-4-3-11(16)7-13(14)17)8-15(21)18(2)12-5-6-24(22,23)9-12/h3-4,7,12H,5-6,8-9H2,1-2H3. The topological polar surface area (TPSA) is 74.8 Å². The number of carbonyl (C=O) groups excluding carboxylic acids is 2. The average molecular weight is 393 g/mol. The highest BCUT2D eigenvalue weighted by Gasteiger charge is 2.33. The second kappa shape index (κ2) is 7.29. The zero-order chi connectivity index (χ0) is 18.1. The van der Waals surface area contributed by atoms with Crippen molar-refractivity contribution >= 4 is 50.5 Å². The Morgan fingerprint density at radius 2 is 1.96 bits per heavy atom. The van der Waals surface area contributed by atoms with Crippen LogP contribution in [-0.4, -0.2) is 56.3 Å². The number of amides is 2. The molecule has 9 heteroatoms. The molecule has 0 aliphatic carbocycles. The summed E-state index contributed by atoms with van der Waals surface area (Å²) in [6, 6.07) is 4.28. The van der Waals surface area contributed by atoms with Crippen LogP contribution in [-0.2, 0) is 19.4 Å². The molecule has 0 radical (unpaired) electrons. The number of likely N-dealkylation sites (N-methyl/N-ethyl adjacent to an activating group) is 1. The molecule has 6 nitrogen and oxygen atoms in total. The molecular formula is C15H18Cl2N2O4S. The van der Waals surface area contributed by atoms with Crippen LogP contribution in [0.1, 0.15) is 13.3 Å².